The molecule has 86 heavy (non-hydrogen) atoms. The zero-order chi connectivity index (χ0) is 63.2. The number of benzene rings is 4. The number of nitrogens with zero attached hydrogens (tertiary/aromatic N) is 8. The van der Waals surface area contributed by atoms with Crippen molar-refractivity contribution in [1.82, 2.24) is 36.5 Å². The number of hydrogen-bond acceptors (Lipinski definition) is 12. The molecule has 4 aliphatic rings. The van der Waals surface area contributed by atoms with Gasteiger partial charge in [0.05, 0.1) is 22.7 Å². The van der Waals surface area contributed by atoms with Crippen LogP contribution in [0.25, 0.3) is 22.7 Å². The summed E-state index contributed by atoms with van der Waals surface area (Å²) in [5, 5.41) is 12.7. The Hall–Kier alpha value is -5.66. The molecule has 4 aromatic heterocycles. The van der Waals surface area contributed by atoms with E-state index in [4.69, 9.17) is 28.3 Å². The molecule has 0 atom stereocenters. The van der Waals surface area contributed by atoms with E-state index in [2.05, 4.69) is 16.4 Å². The molecule has 4 saturated carbocycles. The number of aliphatic hydroxyl groups is 1. The number of aliphatic hydroxyl groups excluding tert-OH is 1. The van der Waals surface area contributed by atoms with Gasteiger partial charge in [-0.3, -0.25) is 37.4 Å². The third-order valence-corrected chi connectivity index (χ3v) is 16.5. The minimum absolute atomic E-state index is 0.00811. The third kappa shape index (κ3) is 15.4. The largest absolute Gasteiger partial charge is 0.400 e. The molecule has 0 aliphatic heterocycles. The summed E-state index contributed by atoms with van der Waals surface area (Å²) in [6.07, 6.45) is 6.65. The fourth-order valence-corrected chi connectivity index (χ4v) is 11.2. The topological polar surface area (TPSA) is 246 Å². The Balaban J connectivity index is 0.000000161. The minimum atomic E-state index is -0.628. The van der Waals surface area contributed by atoms with Crippen LogP contribution in [0.3, 0.4) is 0 Å². The van der Waals surface area contributed by atoms with Gasteiger partial charge in [-0.25, -0.2) is 55.0 Å². The predicted molar refractivity (Wildman–Crippen MR) is 356 cm³/mol. The van der Waals surface area contributed by atoms with E-state index in [1.165, 1.54) is 79.9 Å². The van der Waals surface area contributed by atoms with Gasteiger partial charge in [0.25, 0.3) is 22.2 Å². The van der Waals surface area contributed by atoms with Crippen LogP contribution in [-0.4, -0.2) is 69.9 Å². The molecule has 20 nitrogen and oxygen atoms in total. The fourth-order valence-electron chi connectivity index (χ4n) is 8.78. The van der Waals surface area contributed by atoms with Crippen molar-refractivity contribution < 1.29 is 22.7 Å². The van der Waals surface area contributed by atoms with E-state index in [0.29, 0.717) is 16.5 Å². The van der Waals surface area contributed by atoms with Crippen LogP contribution in [0.4, 0.5) is 29.2 Å². The lowest BCUT2D eigenvalue weighted by Gasteiger charge is -2.15. The van der Waals surface area contributed by atoms with E-state index in [1.807, 2.05) is 90.4 Å². The van der Waals surface area contributed by atoms with Crippen molar-refractivity contribution in [2.45, 2.75) is 75.5 Å². The smallest absolute Gasteiger partial charge is 0.337 e. The summed E-state index contributed by atoms with van der Waals surface area (Å²) in [5.74, 6) is -1.50. The van der Waals surface area contributed by atoms with Gasteiger partial charge in [0.2, 0.25) is 0 Å². The summed E-state index contributed by atoms with van der Waals surface area (Å²) >= 11 is 19.8. The van der Waals surface area contributed by atoms with E-state index in [0.717, 1.165) is 92.4 Å². The highest BCUT2D eigenvalue weighted by Gasteiger charge is 2.32. The van der Waals surface area contributed by atoms with Crippen molar-refractivity contribution >= 4 is 125 Å². The summed E-state index contributed by atoms with van der Waals surface area (Å²) in [5.41, 5.74) is 0.471. The molecule has 0 bridgehead atoms. The molecule has 4 fully saturated rings. The Kier molecular flexibility index (Phi) is 23.3. The lowest BCUT2D eigenvalue weighted by atomic mass is 10.3. The van der Waals surface area contributed by atoms with Gasteiger partial charge < -0.3 is 21.5 Å². The summed E-state index contributed by atoms with van der Waals surface area (Å²) in [6, 6.07) is 22.7. The van der Waals surface area contributed by atoms with Gasteiger partial charge in [-0.15, -0.1) is 0 Å². The average Bonchev–Trinajstić information content (AvgIpc) is 2.83. The first-order chi connectivity index (χ1) is 41.0. The predicted octanol–water partition coefficient (Wildman–Crippen LogP) is 8.88. The molecule has 4 aromatic carbocycles. The van der Waals surface area contributed by atoms with Crippen LogP contribution in [-0.2, 0) is 0 Å². The molecule has 0 unspecified atom stereocenters. The van der Waals surface area contributed by atoms with Crippen LogP contribution in [0.5, 0.6) is 0 Å². The maximum atomic E-state index is 14.2. The van der Waals surface area contributed by atoms with Gasteiger partial charge in [-0.2, -0.15) is 0 Å². The normalized spacial score (nSPS) is 13.9. The van der Waals surface area contributed by atoms with Crippen LogP contribution < -0.4 is 61.4 Å². The van der Waals surface area contributed by atoms with Crippen molar-refractivity contribution in [1.29, 1.82) is 0 Å². The highest BCUT2D eigenvalue weighted by molar-refractivity contribution is 14.1. The second kappa shape index (κ2) is 29.6. The highest BCUT2D eigenvalue weighted by Crippen LogP contribution is 2.37. The lowest BCUT2D eigenvalue weighted by Crippen LogP contribution is -2.39. The number of rotatable bonds is 10. The van der Waals surface area contributed by atoms with Gasteiger partial charge in [0, 0.05) is 83.9 Å². The number of hydrogen-bond donors (Lipinski definition) is 4. The molecule has 0 spiro atoms. The van der Waals surface area contributed by atoms with Crippen molar-refractivity contribution in [3.63, 3.8) is 0 Å². The summed E-state index contributed by atoms with van der Waals surface area (Å²) in [7, 11) is 5.75. The molecule has 8 aromatic rings. The molecular weight excluding hydrogens is 1630 g/mol. The van der Waals surface area contributed by atoms with E-state index >= 15 is 0 Å². The van der Waals surface area contributed by atoms with Crippen molar-refractivity contribution in [2.75, 3.05) is 38.9 Å². The molecule has 4 aliphatic carbocycles. The number of nitrogens with two attached hydrogens (primary N) is 1. The summed E-state index contributed by atoms with van der Waals surface area (Å²) in [6.45, 7) is 0. The number of halogens is 10. The van der Waals surface area contributed by atoms with E-state index in [-0.39, 0.29) is 68.6 Å². The van der Waals surface area contributed by atoms with Crippen molar-refractivity contribution in [3.05, 3.63) is 228 Å². The first-order valence-electron chi connectivity index (χ1n) is 26.1. The Labute approximate surface area is 550 Å². The molecular formula is C56H53Cl2F4I4N11O9. The monoisotopic (exact) mass is 1680 g/mol. The van der Waals surface area contributed by atoms with Gasteiger partial charge >= 0.3 is 22.8 Å². The number of aromatic nitrogens is 8. The maximum Gasteiger partial charge on any atom is 0.337 e. The van der Waals surface area contributed by atoms with Crippen LogP contribution in [0.2, 0.25) is 10.3 Å². The number of anilines is 2. The first kappa shape index (κ1) is 67.8. The van der Waals surface area contributed by atoms with Crippen molar-refractivity contribution in [2.24, 2.45) is 5.73 Å². The molecule has 5 N–H and O–H groups in total. The Bertz CT molecular complexity index is 4380. The summed E-state index contributed by atoms with van der Waals surface area (Å²) < 4.78 is 68.4. The van der Waals surface area contributed by atoms with Gasteiger partial charge in [-0.05, 0) is 222 Å². The zero-order valence-corrected chi connectivity index (χ0v) is 56.0. The lowest BCUT2D eigenvalue weighted by molar-refractivity contribution is 0.399. The van der Waals surface area contributed by atoms with Crippen LogP contribution in [0.15, 0.2) is 135 Å². The average molecular weight is 1680 g/mol. The Morgan fingerprint density at radius 3 is 1.05 bits per heavy atom. The van der Waals surface area contributed by atoms with Gasteiger partial charge in [0.1, 0.15) is 45.2 Å². The SMILES string of the molecule is CN.CNc1cc(=O)n(-c2ccc(I)cc2F)c(=O)n1C1CC1.CNc1cc(=O)n(C2CC2)c(=O)n1-c1ccc(I)cc1F.CO.O=c1cc(Cl)n(-c2ccc(I)cc2F)c(=O)n1C1CC1.O=c1cc(Cl)n(C2CC2)c(=O)n1-c1ccc(I)cc1F. The second-order valence-electron chi connectivity index (χ2n) is 19.1. The van der Waals surface area contributed by atoms with Crippen LogP contribution >= 0.6 is 114 Å². The Morgan fingerprint density at radius 1 is 0.395 bits per heavy atom. The second-order valence-corrected chi connectivity index (χ2v) is 24.9. The number of nitrogens with one attached hydrogen (secondary N) is 2. The van der Waals surface area contributed by atoms with Crippen LogP contribution in [0, 0.1) is 37.5 Å². The quantitative estimate of drug-likeness (QED) is 0.0570. The van der Waals surface area contributed by atoms with E-state index < -0.39 is 62.7 Å². The molecule has 0 amide bonds. The fraction of sp³-hybridized carbons (Fsp3) is 0.286. The van der Waals surface area contributed by atoms with Gasteiger partial charge in [-0.1, -0.05) is 23.2 Å². The van der Waals surface area contributed by atoms with Gasteiger partial charge in [0.15, 0.2) is 0 Å². The molecule has 4 heterocycles. The van der Waals surface area contributed by atoms with Crippen molar-refractivity contribution in [3.8, 4) is 22.7 Å². The van der Waals surface area contributed by atoms with E-state index in [1.54, 1.807) is 44.4 Å². The third-order valence-electron chi connectivity index (χ3n) is 13.2. The molecule has 456 valence electrons. The Morgan fingerprint density at radius 2 is 0.674 bits per heavy atom. The molecule has 12 rings (SSSR count). The minimum Gasteiger partial charge on any atom is -0.400 e. The zero-order valence-electron chi connectivity index (χ0n) is 45.9. The maximum absolute atomic E-state index is 14.2. The molecule has 0 saturated heterocycles. The standard InChI is InChI=1S/2C14H13FIN3O2.2C13H9ClFIN2O2.CH5N.CH4O/c1-17-12-7-13(20)18(9-3-4-9)14(21)19(12)11-5-2-8(16)6-10(11)15;1-17-12-7-13(20)19(14(21)18(12)9-3-4-9)11-5-2-8(16)6-10(11)15;14-11-6-12(19)17(8-2-3-8)13(20)18(11)10-4-1-7(16)5-9(10)15;14-11-6-12(19)18(13(20)17(11)8-2-3-8)10-4-1-7(16)5-9(10)15;2*1-2/h2*2,5-7,9,17H,3-4H2,1H3;2*1,4-6,8H,2-3H2;2H2,1H3;2H,1H3. The highest BCUT2D eigenvalue weighted by atomic mass is 127. The first-order valence-corrected chi connectivity index (χ1v) is 31.2. The van der Waals surface area contributed by atoms with Crippen LogP contribution in [0.1, 0.15) is 75.5 Å². The molecule has 30 heteroatoms. The molecule has 0 radical (unpaired) electrons. The summed E-state index contributed by atoms with van der Waals surface area (Å²) in [4.78, 5) is 98.1. The van der Waals surface area contributed by atoms with E-state index in [9.17, 15) is 55.9 Å².